The van der Waals surface area contributed by atoms with E-state index < -0.39 is 5.54 Å². The van der Waals surface area contributed by atoms with Gasteiger partial charge in [-0.1, -0.05) is 24.3 Å². The number of benzene rings is 1. The minimum Gasteiger partial charge on any atom is -0.353 e. The summed E-state index contributed by atoms with van der Waals surface area (Å²) in [5.74, 6) is 0.0850. The predicted octanol–water partition coefficient (Wildman–Crippen LogP) is 1.89. The number of carbonyl (C=O) groups is 1. The zero-order valence-corrected chi connectivity index (χ0v) is 14.5. The number of amides is 1. The molecule has 0 fully saturated rings. The van der Waals surface area contributed by atoms with Gasteiger partial charge in [-0.2, -0.15) is 0 Å². The van der Waals surface area contributed by atoms with Crippen molar-refractivity contribution in [2.75, 3.05) is 27.2 Å². The number of rotatable bonds is 5. The van der Waals surface area contributed by atoms with Crippen LogP contribution in [0.25, 0.3) is 0 Å². The van der Waals surface area contributed by atoms with Crippen molar-refractivity contribution in [2.45, 2.75) is 45.3 Å². The summed E-state index contributed by atoms with van der Waals surface area (Å²) in [5, 5.41) is 3.10. The van der Waals surface area contributed by atoms with E-state index in [1.807, 2.05) is 32.8 Å². The number of nitrogens with zero attached hydrogens (tertiary/aromatic N) is 2. The minimum atomic E-state index is -0.478. The van der Waals surface area contributed by atoms with Gasteiger partial charge in [0.05, 0.1) is 5.54 Å². The van der Waals surface area contributed by atoms with Gasteiger partial charge in [0.2, 0.25) is 5.91 Å². The predicted molar refractivity (Wildman–Crippen MR) is 90.8 cm³/mol. The zero-order chi connectivity index (χ0) is 16.3. The molecule has 1 amide bonds. The Labute approximate surface area is 134 Å². The van der Waals surface area contributed by atoms with Gasteiger partial charge in [0, 0.05) is 25.7 Å². The Morgan fingerprint density at radius 2 is 1.95 bits per heavy atom. The van der Waals surface area contributed by atoms with E-state index in [0.717, 1.165) is 19.5 Å². The highest BCUT2D eigenvalue weighted by atomic mass is 16.2. The molecule has 0 radical (unpaired) electrons. The lowest BCUT2D eigenvalue weighted by Crippen LogP contribution is -2.54. The van der Waals surface area contributed by atoms with Crippen LogP contribution in [-0.4, -0.2) is 54.5 Å². The molecule has 4 heteroatoms. The lowest BCUT2D eigenvalue weighted by molar-refractivity contribution is -0.130. The maximum absolute atomic E-state index is 12.3. The summed E-state index contributed by atoms with van der Waals surface area (Å²) in [4.78, 5) is 16.7. The maximum atomic E-state index is 12.3. The van der Waals surface area contributed by atoms with Gasteiger partial charge in [-0.15, -0.1) is 0 Å². The van der Waals surface area contributed by atoms with Gasteiger partial charge in [-0.25, -0.2) is 0 Å². The first kappa shape index (κ1) is 17.0. The average molecular weight is 303 g/mol. The van der Waals surface area contributed by atoms with Gasteiger partial charge in [-0.05, 0) is 52.4 Å². The van der Waals surface area contributed by atoms with E-state index in [1.165, 1.54) is 11.1 Å². The zero-order valence-electron chi connectivity index (χ0n) is 14.5. The summed E-state index contributed by atoms with van der Waals surface area (Å²) in [5.41, 5.74) is 2.40. The standard InChI is InChI=1S/C18H29N3O/c1-14(12-19-17(22)18(2,3)20(4)5)21-11-10-15-8-6-7-9-16(15)13-21/h6-9,14H,10-13H2,1-5H3,(H,19,22). The number of hydrogen-bond donors (Lipinski definition) is 1. The normalized spacial score (nSPS) is 17.2. The van der Waals surface area contributed by atoms with Crippen molar-refractivity contribution >= 4 is 5.91 Å². The summed E-state index contributed by atoms with van der Waals surface area (Å²) < 4.78 is 0. The van der Waals surface area contributed by atoms with E-state index in [9.17, 15) is 4.79 Å². The Bertz CT molecular complexity index is 525. The summed E-state index contributed by atoms with van der Waals surface area (Å²) in [7, 11) is 3.87. The maximum Gasteiger partial charge on any atom is 0.239 e. The van der Waals surface area contributed by atoms with Crippen molar-refractivity contribution in [3.8, 4) is 0 Å². The van der Waals surface area contributed by atoms with Gasteiger partial charge < -0.3 is 5.32 Å². The molecule has 1 aliphatic heterocycles. The van der Waals surface area contributed by atoms with Gasteiger partial charge in [0.25, 0.3) is 0 Å². The van der Waals surface area contributed by atoms with E-state index in [-0.39, 0.29) is 5.91 Å². The van der Waals surface area contributed by atoms with Gasteiger partial charge in [0.1, 0.15) is 0 Å². The second kappa shape index (κ2) is 6.80. The summed E-state index contributed by atoms with van der Waals surface area (Å²) >= 11 is 0. The van der Waals surface area contributed by atoms with Crippen LogP contribution < -0.4 is 5.32 Å². The van der Waals surface area contributed by atoms with Crippen LogP contribution in [0.3, 0.4) is 0 Å². The average Bonchev–Trinajstić information content (AvgIpc) is 2.51. The van der Waals surface area contributed by atoms with Crippen molar-refractivity contribution in [1.82, 2.24) is 15.1 Å². The molecule has 22 heavy (non-hydrogen) atoms. The fourth-order valence-electron chi connectivity index (χ4n) is 2.68. The third-order valence-corrected chi connectivity index (χ3v) is 5.02. The van der Waals surface area contributed by atoms with E-state index in [0.29, 0.717) is 12.6 Å². The first-order valence-electron chi connectivity index (χ1n) is 8.09. The van der Waals surface area contributed by atoms with Crippen LogP contribution >= 0.6 is 0 Å². The summed E-state index contributed by atoms with van der Waals surface area (Å²) in [6, 6.07) is 8.99. The van der Waals surface area contributed by atoms with Crippen LogP contribution in [-0.2, 0) is 17.8 Å². The van der Waals surface area contributed by atoms with Crippen molar-refractivity contribution in [3.63, 3.8) is 0 Å². The molecule has 1 aliphatic rings. The highest BCUT2D eigenvalue weighted by Gasteiger charge is 2.30. The molecule has 0 aromatic heterocycles. The Morgan fingerprint density at radius 3 is 2.59 bits per heavy atom. The molecule has 0 spiro atoms. The number of carbonyl (C=O) groups excluding carboxylic acids is 1. The molecular formula is C18H29N3O. The first-order valence-corrected chi connectivity index (χ1v) is 8.09. The van der Waals surface area contributed by atoms with Gasteiger partial charge >= 0.3 is 0 Å². The second-order valence-electron chi connectivity index (χ2n) is 7.00. The Kier molecular flexibility index (Phi) is 5.24. The lowest BCUT2D eigenvalue weighted by atomic mass is 9.98. The Balaban J connectivity index is 1.89. The van der Waals surface area contributed by atoms with Crippen LogP contribution in [0.5, 0.6) is 0 Å². The van der Waals surface area contributed by atoms with Crippen molar-refractivity contribution in [2.24, 2.45) is 0 Å². The largest absolute Gasteiger partial charge is 0.353 e. The Hall–Kier alpha value is -1.39. The fraction of sp³-hybridized carbons (Fsp3) is 0.611. The molecule has 4 nitrogen and oxygen atoms in total. The van der Waals surface area contributed by atoms with Crippen molar-refractivity contribution in [3.05, 3.63) is 35.4 Å². The molecule has 2 rings (SSSR count). The SMILES string of the molecule is CC(CNC(=O)C(C)(C)N(C)C)N1CCc2ccccc2C1. The van der Waals surface area contributed by atoms with E-state index in [2.05, 4.69) is 41.4 Å². The molecule has 0 saturated heterocycles. The van der Waals surface area contributed by atoms with E-state index in [1.54, 1.807) is 0 Å². The van der Waals surface area contributed by atoms with E-state index in [4.69, 9.17) is 0 Å². The first-order chi connectivity index (χ1) is 10.3. The molecule has 0 aliphatic carbocycles. The van der Waals surface area contributed by atoms with Crippen LogP contribution in [0.1, 0.15) is 31.9 Å². The summed E-state index contributed by atoms with van der Waals surface area (Å²) in [6.07, 6.45) is 1.09. The molecule has 1 atom stereocenters. The van der Waals surface area contributed by atoms with E-state index >= 15 is 0 Å². The topological polar surface area (TPSA) is 35.6 Å². The molecule has 1 heterocycles. The van der Waals surface area contributed by atoms with Crippen LogP contribution in [0.15, 0.2) is 24.3 Å². The van der Waals surface area contributed by atoms with Crippen LogP contribution in [0.4, 0.5) is 0 Å². The molecule has 1 unspecified atom stereocenters. The molecule has 122 valence electrons. The third-order valence-electron chi connectivity index (χ3n) is 5.02. The van der Waals surface area contributed by atoms with Gasteiger partial charge in [0.15, 0.2) is 0 Å². The molecule has 0 bridgehead atoms. The molecule has 1 N–H and O–H groups in total. The van der Waals surface area contributed by atoms with Crippen molar-refractivity contribution in [1.29, 1.82) is 0 Å². The second-order valence-corrected chi connectivity index (χ2v) is 7.00. The summed E-state index contributed by atoms with van der Waals surface area (Å²) in [6.45, 7) is 8.82. The lowest BCUT2D eigenvalue weighted by Gasteiger charge is -2.35. The third kappa shape index (κ3) is 3.68. The smallest absolute Gasteiger partial charge is 0.239 e. The Morgan fingerprint density at radius 1 is 1.32 bits per heavy atom. The van der Waals surface area contributed by atoms with Crippen LogP contribution in [0, 0.1) is 0 Å². The molecule has 0 saturated carbocycles. The molecule has 1 aromatic carbocycles. The number of hydrogen-bond acceptors (Lipinski definition) is 3. The molecule has 1 aromatic rings. The number of likely N-dealkylation sites (N-methyl/N-ethyl adjacent to an activating group) is 1. The number of fused-ring (bicyclic) bond motifs is 1. The number of nitrogens with one attached hydrogen (secondary N) is 1. The monoisotopic (exact) mass is 303 g/mol. The van der Waals surface area contributed by atoms with Crippen molar-refractivity contribution < 1.29 is 4.79 Å². The highest BCUT2D eigenvalue weighted by Crippen LogP contribution is 2.20. The fourth-order valence-corrected chi connectivity index (χ4v) is 2.68. The van der Waals surface area contributed by atoms with Gasteiger partial charge in [-0.3, -0.25) is 14.6 Å². The molecular weight excluding hydrogens is 274 g/mol. The highest BCUT2D eigenvalue weighted by molar-refractivity contribution is 5.85. The van der Waals surface area contributed by atoms with Crippen LogP contribution in [0.2, 0.25) is 0 Å². The minimum absolute atomic E-state index is 0.0850. The quantitative estimate of drug-likeness (QED) is 0.902.